The monoisotopic (exact) mass is 287 g/mol. The summed E-state index contributed by atoms with van der Waals surface area (Å²) in [7, 11) is 0. The zero-order valence-electron chi connectivity index (χ0n) is 12.7. The third-order valence-electron chi connectivity index (χ3n) is 5.11. The van der Waals surface area contributed by atoms with E-state index in [1.54, 1.807) is 0 Å². The summed E-state index contributed by atoms with van der Waals surface area (Å²) >= 11 is 0. The van der Waals surface area contributed by atoms with Crippen molar-refractivity contribution in [3.05, 3.63) is 35.9 Å². The topological polar surface area (TPSA) is 21.7 Å². The van der Waals surface area contributed by atoms with Crippen LogP contribution >= 0.6 is 0 Å². The molecule has 1 aromatic rings. The smallest absolute Gasteiger partial charge is 0.0847 e. The molecular weight excluding hydrogens is 262 g/mol. The fourth-order valence-electron chi connectivity index (χ4n) is 3.73. The van der Waals surface area contributed by atoms with Gasteiger partial charge in [0.15, 0.2) is 0 Å². The fourth-order valence-corrected chi connectivity index (χ4v) is 3.73. The van der Waals surface area contributed by atoms with Gasteiger partial charge >= 0.3 is 0 Å². The lowest BCUT2D eigenvalue weighted by Gasteiger charge is -2.23. The van der Waals surface area contributed by atoms with E-state index in [9.17, 15) is 0 Å². The Balaban J connectivity index is 1.26. The van der Waals surface area contributed by atoms with Crippen LogP contribution in [0, 0.1) is 5.92 Å². The van der Waals surface area contributed by atoms with Gasteiger partial charge in [0.2, 0.25) is 0 Å². The minimum absolute atomic E-state index is 0.0935. The summed E-state index contributed by atoms with van der Waals surface area (Å²) in [6.07, 6.45) is 5.40. The van der Waals surface area contributed by atoms with Crippen LogP contribution in [0.2, 0.25) is 0 Å². The van der Waals surface area contributed by atoms with E-state index in [1.165, 1.54) is 37.9 Å². The second-order valence-electron chi connectivity index (χ2n) is 7.05. The molecule has 3 aliphatic rings. The van der Waals surface area contributed by atoms with E-state index in [0.717, 1.165) is 25.5 Å². The molecule has 1 aliphatic carbocycles. The molecule has 2 heterocycles. The van der Waals surface area contributed by atoms with Crippen molar-refractivity contribution in [1.29, 1.82) is 0 Å². The first-order valence-electron chi connectivity index (χ1n) is 8.33. The molecule has 21 heavy (non-hydrogen) atoms. The lowest BCUT2D eigenvalue weighted by atomic mass is 9.98. The minimum Gasteiger partial charge on any atom is -0.371 e. The van der Waals surface area contributed by atoms with E-state index in [2.05, 4.69) is 29.2 Å². The number of hydrogen-bond acceptors (Lipinski definition) is 3. The number of rotatable bonds is 5. The van der Waals surface area contributed by atoms with Gasteiger partial charge in [-0.15, -0.1) is 0 Å². The molecule has 114 valence electrons. The molecule has 1 spiro atoms. The van der Waals surface area contributed by atoms with Crippen molar-refractivity contribution in [2.45, 2.75) is 44.0 Å². The SMILES string of the molecule is c1ccc(CO[C@@H]2CO[C@]3(CCN(CC4CC4)C3)C2)cc1. The van der Waals surface area contributed by atoms with Crippen LogP contribution in [-0.2, 0) is 16.1 Å². The van der Waals surface area contributed by atoms with Crippen molar-refractivity contribution < 1.29 is 9.47 Å². The highest BCUT2D eigenvalue weighted by Crippen LogP contribution is 2.38. The molecule has 2 aliphatic heterocycles. The number of benzene rings is 1. The van der Waals surface area contributed by atoms with Gasteiger partial charge in [-0.25, -0.2) is 0 Å². The van der Waals surface area contributed by atoms with E-state index in [0.29, 0.717) is 6.61 Å². The van der Waals surface area contributed by atoms with Gasteiger partial charge in [0.25, 0.3) is 0 Å². The zero-order chi connectivity index (χ0) is 14.1. The van der Waals surface area contributed by atoms with Gasteiger partial charge < -0.3 is 14.4 Å². The highest BCUT2D eigenvalue weighted by Gasteiger charge is 2.46. The standard InChI is InChI=1S/C18H25NO2/c1-2-4-16(5-3-1)12-20-17-10-18(21-13-17)8-9-19(14-18)11-15-6-7-15/h1-5,15,17H,6-14H2/t17-,18+/m0/s1. The maximum Gasteiger partial charge on any atom is 0.0847 e. The van der Waals surface area contributed by atoms with Gasteiger partial charge in [-0.05, 0) is 30.7 Å². The number of ether oxygens (including phenoxy) is 2. The molecule has 3 heteroatoms. The Kier molecular flexibility index (Phi) is 3.74. The molecule has 2 atom stereocenters. The predicted molar refractivity (Wildman–Crippen MR) is 82.1 cm³/mol. The number of hydrogen-bond donors (Lipinski definition) is 0. The summed E-state index contributed by atoms with van der Waals surface area (Å²) in [5.41, 5.74) is 1.34. The van der Waals surface area contributed by atoms with Crippen LogP contribution in [0.4, 0.5) is 0 Å². The first-order chi connectivity index (χ1) is 10.3. The summed E-state index contributed by atoms with van der Waals surface area (Å²) in [5, 5.41) is 0. The normalized spacial score (nSPS) is 33.0. The highest BCUT2D eigenvalue weighted by molar-refractivity contribution is 5.13. The number of likely N-dealkylation sites (tertiary alicyclic amines) is 1. The van der Waals surface area contributed by atoms with E-state index in [4.69, 9.17) is 9.47 Å². The van der Waals surface area contributed by atoms with Crippen LogP contribution in [-0.4, -0.2) is 42.8 Å². The van der Waals surface area contributed by atoms with Crippen molar-refractivity contribution >= 4 is 0 Å². The van der Waals surface area contributed by atoms with Crippen LogP contribution in [0.25, 0.3) is 0 Å². The Labute approximate surface area is 127 Å². The summed E-state index contributed by atoms with van der Waals surface area (Å²) in [5.74, 6) is 0.978. The second-order valence-corrected chi connectivity index (χ2v) is 7.05. The predicted octanol–water partition coefficient (Wildman–Crippen LogP) is 2.85. The van der Waals surface area contributed by atoms with Gasteiger partial charge in [0.1, 0.15) is 0 Å². The molecule has 0 amide bonds. The highest BCUT2D eigenvalue weighted by atomic mass is 16.6. The van der Waals surface area contributed by atoms with Crippen LogP contribution in [0.15, 0.2) is 30.3 Å². The molecule has 2 saturated heterocycles. The van der Waals surface area contributed by atoms with Crippen LogP contribution in [0.5, 0.6) is 0 Å². The third-order valence-corrected chi connectivity index (χ3v) is 5.11. The minimum atomic E-state index is 0.0935. The van der Waals surface area contributed by atoms with Crippen LogP contribution in [0.1, 0.15) is 31.2 Å². The van der Waals surface area contributed by atoms with Gasteiger partial charge in [-0.1, -0.05) is 30.3 Å². The maximum atomic E-state index is 6.17. The Hall–Kier alpha value is -0.900. The Morgan fingerprint density at radius 3 is 2.90 bits per heavy atom. The van der Waals surface area contributed by atoms with Crippen molar-refractivity contribution in [3.63, 3.8) is 0 Å². The van der Waals surface area contributed by atoms with Gasteiger partial charge in [-0.2, -0.15) is 0 Å². The summed E-state index contributed by atoms with van der Waals surface area (Å²) < 4.78 is 12.2. The lowest BCUT2D eigenvalue weighted by Crippen LogP contribution is -2.33. The molecule has 4 rings (SSSR count). The molecule has 3 nitrogen and oxygen atoms in total. The first-order valence-corrected chi connectivity index (χ1v) is 8.33. The fraction of sp³-hybridized carbons (Fsp3) is 0.667. The summed E-state index contributed by atoms with van der Waals surface area (Å²) in [4.78, 5) is 2.61. The second kappa shape index (κ2) is 5.71. The summed E-state index contributed by atoms with van der Waals surface area (Å²) in [6.45, 7) is 5.10. The van der Waals surface area contributed by atoms with Gasteiger partial charge in [0, 0.05) is 26.1 Å². The van der Waals surface area contributed by atoms with Crippen molar-refractivity contribution in [2.24, 2.45) is 5.92 Å². The van der Waals surface area contributed by atoms with Crippen molar-refractivity contribution in [3.8, 4) is 0 Å². The van der Waals surface area contributed by atoms with Gasteiger partial charge in [0.05, 0.1) is 24.9 Å². The zero-order valence-corrected chi connectivity index (χ0v) is 12.7. The molecule has 1 aromatic carbocycles. The Bertz CT molecular complexity index is 473. The van der Waals surface area contributed by atoms with Crippen LogP contribution < -0.4 is 0 Å². The van der Waals surface area contributed by atoms with E-state index >= 15 is 0 Å². The van der Waals surface area contributed by atoms with Crippen molar-refractivity contribution in [2.75, 3.05) is 26.2 Å². The van der Waals surface area contributed by atoms with E-state index in [1.807, 2.05) is 6.07 Å². The molecule has 0 bridgehead atoms. The molecular formula is C18H25NO2. The lowest BCUT2D eigenvalue weighted by molar-refractivity contribution is -0.000240. The van der Waals surface area contributed by atoms with E-state index < -0.39 is 0 Å². The average molecular weight is 287 g/mol. The molecule has 0 N–H and O–H groups in total. The van der Waals surface area contributed by atoms with Crippen molar-refractivity contribution in [1.82, 2.24) is 4.90 Å². The molecule has 0 aromatic heterocycles. The average Bonchev–Trinajstić information content (AvgIpc) is 3.11. The number of nitrogens with zero attached hydrogens (tertiary/aromatic N) is 1. The molecule has 0 radical (unpaired) electrons. The molecule has 1 saturated carbocycles. The van der Waals surface area contributed by atoms with E-state index in [-0.39, 0.29) is 11.7 Å². The Morgan fingerprint density at radius 2 is 2.10 bits per heavy atom. The summed E-state index contributed by atoms with van der Waals surface area (Å²) in [6, 6.07) is 10.4. The maximum absolute atomic E-state index is 6.17. The molecule has 3 fully saturated rings. The largest absolute Gasteiger partial charge is 0.371 e. The molecule has 0 unspecified atom stereocenters. The Morgan fingerprint density at radius 1 is 1.24 bits per heavy atom. The van der Waals surface area contributed by atoms with Gasteiger partial charge in [-0.3, -0.25) is 0 Å². The first kappa shape index (κ1) is 13.7. The third kappa shape index (κ3) is 3.31. The quantitative estimate of drug-likeness (QED) is 0.831. The van der Waals surface area contributed by atoms with Crippen LogP contribution in [0.3, 0.4) is 0 Å².